The predicted octanol–water partition coefficient (Wildman–Crippen LogP) is 1.06. The first-order chi connectivity index (χ1) is 8.13. The molecule has 1 fully saturated rings. The predicted molar refractivity (Wildman–Crippen MR) is 59.3 cm³/mol. The Kier molecular flexibility index (Phi) is 3.73. The quantitative estimate of drug-likeness (QED) is 0.846. The summed E-state index contributed by atoms with van der Waals surface area (Å²) in [5.41, 5.74) is 0. The zero-order valence-electron chi connectivity index (χ0n) is 9.93. The molecule has 0 spiro atoms. The normalized spacial score (nSPS) is 18.4. The van der Waals surface area contributed by atoms with E-state index in [2.05, 4.69) is 15.0 Å². The number of hydrogen-bond donors (Lipinski definition) is 1. The number of aryl methyl sites for hydroxylation is 1. The second-order valence-electron chi connectivity index (χ2n) is 4.55. The van der Waals surface area contributed by atoms with Crippen molar-refractivity contribution in [2.75, 3.05) is 13.1 Å². The van der Waals surface area contributed by atoms with E-state index in [0.717, 1.165) is 25.9 Å². The summed E-state index contributed by atoms with van der Waals surface area (Å²) in [7, 11) is 0. The van der Waals surface area contributed by atoms with Crippen LogP contribution in [-0.2, 0) is 11.3 Å². The fourth-order valence-corrected chi connectivity index (χ4v) is 2.20. The third-order valence-electron chi connectivity index (χ3n) is 3.11. The number of rotatable bonds is 4. The van der Waals surface area contributed by atoms with Gasteiger partial charge in [0.15, 0.2) is 5.82 Å². The van der Waals surface area contributed by atoms with E-state index in [1.54, 1.807) is 6.92 Å². The molecule has 1 N–H and O–H groups in total. The summed E-state index contributed by atoms with van der Waals surface area (Å²) >= 11 is 0. The Balaban J connectivity index is 1.77. The van der Waals surface area contributed by atoms with Crippen molar-refractivity contribution in [2.24, 2.45) is 5.92 Å². The van der Waals surface area contributed by atoms with E-state index in [9.17, 15) is 4.79 Å². The first-order valence-electron chi connectivity index (χ1n) is 5.87. The number of carboxylic acid groups (broad SMARTS) is 1. The molecule has 1 aliphatic rings. The highest BCUT2D eigenvalue weighted by Crippen LogP contribution is 2.21. The van der Waals surface area contributed by atoms with Crippen LogP contribution >= 0.6 is 0 Å². The van der Waals surface area contributed by atoms with Gasteiger partial charge in [-0.3, -0.25) is 9.69 Å². The van der Waals surface area contributed by atoms with E-state index in [1.807, 2.05) is 0 Å². The highest BCUT2D eigenvalue weighted by Gasteiger charge is 2.22. The maximum absolute atomic E-state index is 10.6. The summed E-state index contributed by atoms with van der Waals surface area (Å²) in [6, 6.07) is 0. The molecule has 1 saturated heterocycles. The molecule has 0 saturated carbocycles. The molecule has 0 aliphatic carbocycles. The molecule has 0 amide bonds. The van der Waals surface area contributed by atoms with Crippen LogP contribution in [0.25, 0.3) is 0 Å². The van der Waals surface area contributed by atoms with Gasteiger partial charge in [0, 0.05) is 13.3 Å². The van der Waals surface area contributed by atoms with Crippen molar-refractivity contribution < 1.29 is 14.4 Å². The molecular weight excluding hydrogens is 222 g/mol. The van der Waals surface area contributed by atoms with Crippen LogP contribution < -0.4 is 0 Å². The minimum absolute atomic E-state index is 0.287. The van der Waals surface area contributed by atoms with Crippen molar-refractivity contribution >= 4 is 5.97 Å². The van der Waals surface area contributed by atoms with Gasteiger partial charge in [-0.1, -0.05) is 5.16 Å². The SMILES string of the molecule is Cc1nc(CN2CCC(CC(=O)O)CC2)no1. The zero-order chi connectivity index (χ0) is 12.3. The van der Waals surface area contributed by atoms with Crippen LogP contribution in [0.2, 0.25) is 0 Å². The van der Waals surface area contributed by atoms with E-state index < -0.39 is 5.97 Å². The van der Waals surface area contributed by atoms with Crippen LogP contribution in [-0.4, -0.2) is 39.2 Å². The number of likely N-dealkylation sites (tertiary alicyclic amines) is 1. The smallest absolute Gasteiger partial charge is 0.303 e. The molecule has 0 bridgehead atoms. The summed E-state index contributed by atoms with van der Waals surface area (Å²) in [6.45, 7) is 4.28. The molecule has 2 rings (SSSR count). The van der Waals surface area contributed by atoms with Gasteiger partial charge in [0.2, 0.25) is 5.89 Å². The highest BCUT2D eigenvalue weighted by molar-refractivity contribution is 5.67. The van der Waals surface area contributed by atoms with Crippen molar-refractivity contribution in [3.63, 3.8) is 0 Å². The van der Waals surface area contributed by atoms with Crippen LogP contribution in [0.5, 0.6) is 0 Å². The average Bonchev–Trinajstić information content (AvgIpc) is 2.66. The monoisotopic (exact) mass is 239 g/mol. The van der Waals surface area contributed by atoms with E-state index in [4.69, 9.17) is 9.63 Å². The van der Waals surface area contributed by atoms with Gasteiger partial charge >= 0.3 is 5.97 Å². The lowest BCUT2D eigenvalue weighted by Crippen LogP contribution is -2.34. The molecule has 94 valence electrons. The van der Waals surface area contributed by atoms with E-state index in [0.29, 0.717) is 24.2 Å². The first kappa shape index (κ1) is 12.0. The van der Waals surface area contributed by atoms with Gasteiger partial charge in [-0.05, 0) is 31.8 Å². The van der Waals surface area contributed by atoms with Gasteiger partial charge in [0.1, 0.15) is 0 Å². The molecule has 6 nitrogen and oxygen atoms in total. The van der Waals surface area contributed by atoms with Crippen LogP contribution in [0.15, 0.2) is 4.52 Å². The Morgan fingerprint density at radius 3 is 2.76 bits per heavy atom. The van der Waals surface area contributed by atoms with Gasteiger partial charge in [-0.2, -0.15) is 4.98 Å². The van der Waals surface area contributed by atoms with Gasteiger partial charge in [-0.25, -0.2) is 0 Å². The summed E-state index contributed by atoms with van der Waals surface area (Å²) in [4.78, 5) is 17.0. The average molecular weight is 239 g/mol. The number of aromatic nitrogens is 2. The van der Waals surface area contributed by atoms with Crippen LogP contribution in [0.3, 0.4) is 0 Å². The summed E-state index contributed by atoms with van der Waals surface area (Å²) in [5, 5.41) is 12.6. The number of hydrogen-bond acceptors (Lipinski definition) is 5. The maximum atomic E-state index is 10.6. The van der Waals surface area contributed by atoms with Gasteiger partial charge < -0.3 is 9.63 Å². The minimum Gasteiger partial charge on any atom is -0.481 e. The van der Waals surface area contributed by atoms with Crippen LogP contribution in [0.1, 0.15) is 31.0 Å². The maximum Gasteiger partial charge on any atom is 0.303 e. The summed E-state index contributed by atoms with van der Waals surface area (Å²) < 4.78 is 4.91. The Bertz CT molecular complexity index is 383. The van der Waals surface area contributed by atoms with E-state index in [1.165, 1.54) is 0 Å². The van der Waals surface area contributed by atoms with Crippen LogP contribution in [0, 0.1) is 12.8 Å². The minimum atomic E-state index is -0.697. The number of carbonyl (C=O) groups is 1. The van der Waals surface area contributed by atoms with Crippen molar-refractivity contribution in [3.05, 3.63) is 11.7 Å². The third-order valence-corrected chi connectivity index (χ3v) is 3.11. The fourth-order valence-electron chi connectivity index (χ4n) is 2.20. The molecule has 1 aromatic rings. The zero-order valence-corrected chi connectivity index (χ0v) is 9.93. The fraction of sp³-hybridized carbons (Fsp3) is 0.727. The van der Waals surface area contributed by atoms with Crippen molar-refractivity contribution in [3.8, 4) is 0 Å². The Labute approximate surface area is 99.6 Å². The second kappa shape index (κ2) is 5.27. The van der Waals surface area contributed by atoms with Crippen molar-refractivity contribution in [1.82, 2.24) is 15.0 Å². The largest absolute Gasteiger partial charge is 0.481 e. The van der Waals surface area contributed by atoms with Crippen molar-refractivity contribution in [2.45, 2.75) is 32.7 Å². The summed E-state index contributed by atoms with van der Waals surface area (Å²) in [6.07, 6.45) is 2.15. The van der Waals surface area contributed by atoms with Crippen LogP contribution in [0.4, 0.5) is 0 Å². The molecule has 0 radical (unpaired) electrons. The summed E-state index contributed by atoms with van der Waals surface area (Å²) in [5.74, 6) is 0.910. The third kappa shape index (κ3) is 3.52. The number of nitrogens with zero attached hydrogens (tertiary/aromatic N) is 3. The van der Waals surface area contributed by atoms with Gasteiger partial charge in [0.25, 0.3) is 0 Å². The second-order valence-corrected chi connectivity index (χ2v) is 4.55. The Hall–Kier alpha value is -1.43. The first-order valence-corrected chi connectivity index (χ1v) is 5.87. The lowest BCUT2D eigenvalue weighted by Gasteiger charge is -2.30. The van der Waals surface area contributed by atoms with Gasteiger partial charge in [0.05, 0.1) is 6.54 Å². The lowest BCUT2D eigenvalue weighted by molar-refractivity contribution is -0.138. The van der Waals surface area contributed by atoms with Crippen molar-refractivity contribution in [1.29, 1.82) is 0 Å². The van der Waals surface area contributed by atoms with E-state index in [-0.39, 0.29) is 6.42 Å². The molecule has 1 aliphatic heterocycles. The molecule has 0 atom stereocenters. The standard InChI is InChI=1S/C11H17N3O3/c1-8-12-10(13-17-8)7-14-4-2-9(3-5-14)6-11(15)16/h9H,2-7H2,1H3,(H,15,16). The number of carboxylic acids is 1. The Morgan fingerprint density at radius 2 is 2.24 bits per heavy atom. The molecule has 0 unspecified atom stereocenters. The molecule has 0 aromatic carbocycles. The Morgan fingerprint density at radius 1 is 1.53 bits per heavy atom. The molecular formula is C11H17N3O3. The van der Waals surface area contributed by atoms with E-state index >= 15 is 0 Å². The lowest BCUT2D eigenvalue weighted by atomic mass is 9.94. The molecule has 6 heteroatoms. The molecule has 2 heterocycles. The number of piperidine rings is 1. The topological polar surface area (TPSA) is 79.5 Å². The highest BCUT2D eigenvalue weighted by atomic mass is 16.5. The number of aliphatic carboxylic acids is 1. The molecule has 17 heavy (non-hydrogen) atoms. The van der Waals surface area contributed by atoms with Gasteiger partial charge in [-0.15, -0.1) is 0 Å². The molecule has 1 aromatic heterocycles.